The second kappa shape index (κ2) is 8.27. The number of rotatable bonds is 9. The molecule has 6 heteroatoms. The number of carbonyl (C=O) groups is 1. The molecule has 0 aliphatic carbocycles. The van der Waals surface area contributed by atoms with Gasteiger partial charge < -0.3 is 0 Å². The van der Waals surface area contributed by atoms with Gasteiger partial charge in [0.15, 0.2) is 22.7 Å². The Balaban J connectivity index is 4.02. The maximum atomic E-state index is 11.7. The average molecular weight is 311 g/mol. The summed E-state index contributed by atoms with van der Waals surface area (Å²) in [7, 11) is -3.49. The van der Waals surface area contributed by atoms with Gasteiger partial charge in [-0.1, -0.05) is 34.1 Å². The van der Waals surface area contributed by atoms with Gasteiger partial charge in [0.1, 0.15) is 6.26 Å². The lowest BCUT2D eigenvalue weighted by atomic mass is 9.90. The van der Waals surface area contributed by atoms with Crippen molar-refractivity contribution in [3.8, 4) is 0 Å². The van der Waals surface area contributed by atoms with Crippen LogP contribution in [-0.2, 0) is 29.7 Å². The summed E-state index contributed by atoms with van der Waals surface area (Å²) in [5.74, 6) is 0.270. The predicted molar refractivity (Wildman–Crippen MR) is 81.6 cm³/mol. The lowest BCUT2D eigenvalue weighted by molar-refractivity contribution is -0.116. The van der Waals surface area contributed by atoms with Crippen molar-refractivity contribution in [3.63, 3.8) is 0 Å². The molecule has 0 aromatic heterocycles. The number of carbonyl (C=O) groups excluding carboxylic acids is 1. The molecule has 0 aliphatic rings. The molecule has 0 saturated carbocycles. The van der Waals surface area contributed by atoms with Crippen LogP contribution in [0, 0.1) is 5.41 Å². The van der Waals surface area contributed by atoms with Crippen LogP contribution in [-0.4, -0.2) is 32.0 Å². The highest BCUT2D eigenvalue weighted by atomic mass is 32.3. The summed E-state index contributed by atoms with van der Waals surface area (Å²) < 4.78 is 28.4. The van der Waals surface area contributed by atoms with Crippen molar-refractivity contribution < 1.29 is 16.8 Å². The summed E-state index contributed by atoms with van der Waals surface area (Å²) in [6, 6.07) is 0. The molecule has 0 bridgehead atoms. The second-order valence-corrected chi connectivity index (χ2v) is 9.46. The molecule has 0 fully saturated rings. The van der Waals surface area contributed by atoms with Crippen molar-refractivity contribution >= 4 is 27.1 Å². The molecule has 0 heterocycles. The molecular weight excluding hydrogens is 284 g/mol. The number of ketones is 1. The first kappa shape index (κ1) is 18.9. The molecule has 0 amide bonds. The molecule has 4 nitrogen and oxygen atoms in total. The van der Waals surface area contributed by atoms with E-state index in [1.54, 1.807) is 13.2 Å². The molecule has 114 valence electrons. The van der Waals surface area contributed by atoms with Gasteiger partial charge in [0, 0.05) is 6.42 Å². The van der Waals surface area contributed by atoms with Crippen LogP contribution in [0.3, 0.4) is 0 Å². The van der Waals surface area contributed by atoms with Crippen molar-refractivity contribution in [3.05, 3.63) is 0 Å². The highest BCUT2D eigenvalue weighted by molar-refractivity contribution is 8.02. The third-order valence-electron chi connectivity index (χ3n) is 2.55. The number of hydrogen-bond acceptors (Lipinski definition) is 4. The maximum Gasteiger partial charge on any atom is 0.311 e. The van der Waals surface area contributed by atoms with Gasteiger partial charge in [0.2, 0.25) is 0 Å². The van der Waals surface area contributed by atoms with E-state index < -0.39 is 21.3 Å². The highest BCUT2D eigenvalue weighted by Crippen LogP contribution is 2.21. The van der Waals surface area contributed by atoms with Crippen LogP contribution in [0.5, 0.6) is 0 Å². The van der Waals surface area contributed by atoms with Gasteiger partial charge >= 0.3 is 10.1 Å². The van der Waals surface area contributed by atoms with E-state index in [-0.39, 0.29) is 22.7 Å². The van der Waals surface area contributed by atoms with Crippen molar-refractivity contribution in [2.75, 3.05) is 17.8 Å². The van der Waals surface area contributed by atoms with Crippen LogP contribution in [0.4, 0.5) is 0 Å². The third kappa shape index (κ3) is 11.5. The van der Waals surface area contributed by atoms with Gasteiger partial charge in [-0.25, -0.2) is 0 Å². The molecule has 0 aromatic carbocycles. The summed E-state index contributed by atoms with van der Waals surface area (Å²) in [6.45, 7) is 8.17. The molecule has 1 atom stereocenters. The van der Waals surface area contributed by atoms with Crippen molar-refractivity contribution in [1.29, 1.82) is 0 Å². The van der Waals surface area contributed by atoms with Crippen LogP contribution >= 0.6 is 0 Å². The van der Waals surface area contributed by atoms with E-state index in [4.69, 9.17) is 3.63 Å². The van der Waals surface area contributed by atoms with Gasteiger partial charge in [0.05, 0.1) is 5.75 Å². The van der Waals surface area contributed by atoms with Crippen LogP contribution in [0.1, 0.15) is 53.4 Å². The lowest BCUT2D eigenvalue weighted by Gasteiger charge is -2.17. The third-order valence-corrected chi connectivity index (χ3v) is 5.83. The summed E-state index contributed by atoms with van der Waals surface area (Å²) in [6.07, 6.45) is 4.55. The van der Waals surface area contributed by atoms with Crippen molar-refractivity contribution in [2.24, 2.45) is 5.41 Å². The van der Waals surface area contributed by atoms with E-state index in [9.17, 15) is 13.2 Å². The number of hydrogen-bond donors (Lipinski definition) is 0. The zero-order valence-electron chi connectivity index (χ0n) is 12.7. The van der Waals surface area contributed by atoms with Gasteiger partial charge in [0.25, 0.3) is 0 Å². The molecule has 0 aliphatic heterocycles. The van der Waals surface area contributed by atoms with Crippen LogP contribution in [0.15, 0.2) is 0 Å². The Bertz CT molecular complexity index is 369. The first-order chi connectivity index (χ1) is 8.56. The molecular formula is C13H27O4S2+. The topological polar surface area (TPSA) is 60.4 Å². The molecule has 0 saturated heterocycles. The van der Waals surface area contributed by atoms with Crippen molar-refractivity contribution in [1.82, 2.24) is 0 Å². The monoisotopic (exact) mass is 311 g/mol. The van der Waals surface area contributed by atoms with E-state index in [0.29, 0.717) is 12.8 Å². The zero-order chi connectivity index (χ0) is 15.1. The largest absolute Gasteiger partial charge is 0.311 e. The Kier molecular flexibility index (Phi) is 8.24. The van der Waals surface area contributed by atoms with E-state index in [2.05, 4.69) is 20.8 Å². The van der Waals surface area contributed by atoms with Crippen molar-refractivity contribution in [2.45, 2.75) is 53.4 Å². The van der Waals surface area contributed by atoms with Gasteiger partial charge in [-0.15, -0.1) is 0 Å². The molecule has 0 rings (SSSR count). The SMILES string of the molecule is CCC(=O)C[S+](C)OS(=O)(=O)CCCCC(C)(C)C. The summed E-state index contributed by atoms with van der Waals surface area (Å²) >= 11 is -0.829. The molecule has 0 N–H and O–H groups in total. The van der Waals surface area contributed by atoms with E-state index in [1.165, 1.54) is 0 Å². The smallest absolute Gasteiger partial charge is 0.294 e. The summed E-state index contributed by atoms with van der Waals surface area (Å²) in [5, 5.41) is 0. The molecule has 0 aromatic rings. The fourth-order valence-electron chi connectivity index (χ4n) is 1.50. The Morgan fingerprint density at radius 2 is 1.79 bits per heavy atom. The molecule has 1 unspecified atom stereocenters. The minimum Gasteiger partial charge on any atom is -0.294 e. The number of unbranched alkanes of at least 4 members (excludes halogenated alkanes) is 1. The zero-order valence-corrected chi connectivity index (χ0v) is 14.3. The Morgan fingerprint density at radius 3 is 2.26 bits per heavy atom. The van der Waals surface area contributed by atoms with Crippen LogP contribution in [0.2, 0.25) is 0 Å². The Morgan fingerprint density at radius 1 is 1.21 bits per heavy atom. The van der Waals surface area contributed by atoms with E-state index in [1.807, 2.05) is 0 Å². The molecule has 0 spiro atoms. The quantitative estimate of drug-likeness (QED) is 0.485. The van der Waals surface area contributed by atoms with E-state index in [0.717, 1.165) is 12.8 Å². The number of Topliss-reactive ketones (excluding diaryl/α,β-unsaturated/α-hetero) is 1. The lowest BCUT2D eigenvalue weighted by Crippen LogP contribution is -2.22. The van der Waals surface area contributed by atoms with Crippen LogP contribution < -0.4 is 0 Å². The Hall–Kier alpha value is -0.0700. The van der Waals surface area contributed by atoms with Gasteiger partial charge in [-0.05, 0) is 21.9 Å². The predicted octanol–water partition coefficient (Wildman–Crippen LogP) is 2.69. The van der Waals surface area contributed by atoms with E-state index >= 15 is 0 Å². The van der Waals surface area contributed by atoms with Gasteiger partial charge in [-0.3, -0.25) is 4.79 Å². The summed E-state index contributed by atoms with van der Waals surface area (Å²) in [4.78, 5) is 11.2. The average Bonchev–Trinajstić information content (AvgIpc) is 2.22. The molecule has 19 heavy (non-hydrogen) atoms. The fourth-order valence-corrected chi connectivity index (χ4v) is 4.59. The Labute approximate surface area is 121 Å². The summed E-state index contributed by atoms with van der Waals surface area (Å²) in [5.41, 5.74) is 0.229. The highest BCUT2D eigenvalue weighted by Gasteiger charge is 2.26. The standard InChI is InChI=1S/C13H27O4S2/c1-6-12(14)11-18(5)17-19(15,16)10-8-7-9-13(2,3)4/h6-11H2,1-5H3/q+1. The minimum atomic E-state index is -3.49. The first-order valence-corrected chi connectivity index (χ1v) is 9.93. The fraction of sp³-hybridized carbons (Fsp3) is 0.923. The van der Waals surface area contributed by atoms with Gasteiger partial charge in [-0.2, -0.15) is 8.42 Å². The minimum absolute atomic E-state index is 0.0359. The first-order valence-electron chi connectivity index (χ1n) is 6.62. The normalized spacial score (nSPS) is 14.4. The maximum absolute atomic E-state index is 11.7. The van der Waals surface area contributed by atoms with Crippen LogP contribution in [0.25, 0.3) is 0 Å². The molecule has 0 radical (unpaired) electrons. The second-order valence-electron chi connectivity index (χ2n) is 5.96.